The molecule has 1 aliphatic heterocycles. The van der Waals surface area contributed by atoms with Crippen molar-refractivity contribution in [1.82, 2.24) is 0 Å². The van der Waals surface area contributed by atoms with Crippen molar-refractivity contribution in [2.45, 2.75) is 6.10 Å². The molecule has 1 unspecified atom stereocenters. The smallest absolute Gasteiger partial charge is 0.235 e. The number of halogens is 1. The lowest BCUT2D eigenvalue weighted by Gasteiger charge is -1.84. The molecule has 5 heteroatoms. The molecule has 0 N–H and O–H groups in total. The van der Waals surface area contributed by atoms with Gasteiger partial charge in [-0.2, -0.15) is 0 Å². The molecule has 1 saturated heterocycles. The van der Waals surface area contributed by atoms with Crippen LogP contribution < -0.4 is 0 Å². The average molecular weight is 157 g/mol. The maximum Gasteiger partial charge on any atom is 0.235 e. The largest absolute Gasteiger partial charge is 0.372 e. The van der Waals surface area contributed by atoms with Crippen LogP contribution in [-0.4, -0.2) is 26.9 Å². The number of epoxide rings is 1. The SMILES string of the molecule is O=S(=O)(Cl)CC1CO1. The van der Waals surface area contributed by atoms with Crippen molar-refractivity contribution < 1.29 is 13.2 Å². The topological polar surface area (TPSA) is 46.7 Å². The zero-order chi connectivity index (χ0) is 6.20. The fourth-order valence-corrected chi connectivity index (χ4v) is 1.44. The molecule has 0 aromatic rings. The highest BCUT2D eigenvalue weighted by Crippen LogP contribution is 2.13. The fraction of sp³-hybridized carbons (Fsp3) is 1.00. The van der Waals surface area contributed by atoms with Crippen LogP contribution in [0.2, 0.25) is 0 Å². The van der Waals surface area contributed by atoms with E-state index in [9.17, 15) is 8.42 Å². The van der Waals surface area contributed by atoms with Gasteiger partial charge in [-0.3, -0.25) is 0 Å². The van der Waals surface area contributed by atoms with Crippen molar-refractivity contribution in [2.24, 2.45) is 0 Å². The van der Waals surface area contributed by atoms with E-state index >= 15 is 0 Å². The zero-order valence-electron chi connectivity index (χ0n) is 4.00. The van der Waals surface area contributed by atoms with Gasteiger partial charge in [0.15, 0.2) is 0 Å². The van der Waals surface area contributed by atoms with Crippen molar-refractivity contribution >= 4 is 19.7 Å². The molecular formula is C3H5ClO3S. The molecule has 0 radical (unpaired) electrons. The Bertz CT molecular complexity index is 169. The third-order valence-corrected chi connectivity index (χ3v) is 1.94. The molecule has 0 bridgehead atoms. The molecule has 8 heavy (non-hydrogen) atoms. The fourth-order valence-electron chi connectivity index (χ4n) is 0.386. The van der Waals surface area contributed by atoms with Gasteiger partial charge >= 0.3 is 0 Å². The Morgan fingerprint density at radius 3 is 2.38 bits per heavy atom. The van der Waals surface area contributed by atoms with Crippen LogP contribution in [0.1, 0.15) is 0 Å². The summed E-state index contributed by atoms with van der Waals surface area (Å²) in [5.41, 5.74) is 0. The monoisotopic (exact) mass is 156 g/mol. The van der Waals surface area contributed by atoms with E-state index in [1.807, 2.05) is 0 Å². The van der Waals surface area contributed by atoms with E-state index in [0.717, 1.165) is 0 Å². The first kappa shape index (κ1) is 6.32. The van der Waals surface area contributed by atoms with Gasteiger partial charge < -0.3 is 4.74 Å². The third-order valence-electron chi connectivity index (χ3n) is 0.787. The van der Waals surface area contributed by atoms with Gasteiger partial charge in [0.05, 0.1) is 18.5 Å². The molecule has 0 spiro atoms. The molecule has 0 aromatic carbocycles. The van der Waals surface area contributed by atoms with Gasteiger partial charge in [-0.25, -0.2) is 8.42 Å². The van der Waals surface area contributed by atoms with Crippen molar-refractivity contribution in [2.75, 3.05) is 12.4 Å². The first-order chi connectivity index (χ1) is 3.58. The van der Waals surface area contributed by atoms with Crippen LogP contribution in [0.25, 0.3) is 0 Å². The molecule has 0 aliphatic carbocycles. The predicted octanol–water partition coefficient (Wildman–Crippen LogP) is -0.0462. The normalized spacial score (nSPS) is 27.9. The van der Waals surface area contributed by atoms with Gasteiger partial charge in [-0.15, -0.1) is 0 Å². The van der Waals surface area contributed by atoms with E-state index in [4.69, 9.17) is 10.7 Å². The summed E-state index contributed by atoms with van der Waals surface area (Å²) in [6, 6.07) is 0. The van der Waals surface area contributed by atoms with Gasteiger partial charge in [-0.05, 0) is 0 Å². The first-order valence-corrected chi connectivity index (χ1v) is 4.60. The highest BCUT2D eigenvalue weighted by molar-refractivity contribution is 8.13. The molecule has 1 fully saturated rings. The van der Waals surface area contributed by atoms with E-state index < -0.39 is 9.05 Å². The first-order valence-electron chi connectivity index (χ1n) is 2.12. The summed E-state index contributed by atoms with van der Waals surface area (Å²) in [5.74, 6) is -0.0471. The third kappa shape index (κ3) is 2.49. The lowest BCUT2D eigenvalue weighted by Crippen LogP contribution is -2.03. The van der Waals surface area contributed by atoms with Crippen molar-refractivity contribution in [3.05, 3.63) is 0 Å². The van der Waals surface area contributed by atoms with Crippen LogP contribution >= 0.6 is 10.7 Å². The number of ether oxygens (including phenoxy) is 1. The second kappa shape index (κ2) is 1.86. The highest BCUT2D eigenvalue weighted by atomic mass is 35.7. The van der Waals surface area contributed by atoms with Crippen molar-refractivity contribution in [1.29, 1.82) is 0 Å². The Morgan fingerprint density at radius 1 is 1.75 bits per heavy atom. The van der Waals surface area contributed by atoms with Crippen molar-refractivity contribution in [3.8, 4) is 0 Å². The standard InChI is InChI=1S/C3H5ClO3S/c4-8(5,6)2-3-1-7-3/h3H,1-2H2. The van der Waals surface area contributed by atoms with E-state index in [1.54, 1.807) is 0 Å². The summed E-state index contributed by atoms with van der Waals surface area (Å²) >= 11 is 0. The van der Waals surface area contributed by atoms with E-state index in [1.165, 1.54) is 0 Å². The molecule has 0 saturated carbocycles. The molecule has 1 aliphatic rings. The lowest BCUT2D eigenvalue weighted by molar-refractivity contribution is 0.423. The summed E-state index contributed by atoms with van der Waals surface area (Å²) in [4.78, 5) is 0. The van der Waals surface area contributed by atoms with Crippen LogP contribution in [0, 0.1) is 0 Å². The van der Waals surface area contributed by atoms with Crippen LogP contribution in [0.4, 0.5) is 0 Å². The molecular weight excluding hydrogens is 152 g/mol. The van der Waals surface area contributed by atoms with Gasteiger partial charge in [0, 0.05) is 10.7 Å². The number of hydrogen-bond donors (Lipinski definition) is 0. The molecule has 48 valence electrons. The minimum absolute atomic E-state index is 0.0471. The maximum absolute atomic E-state index is 10.2. The number of rotatable bonds is 2. The molecule has 0 amide bonds. The summed E-state index contributed by atoms with van der Waals surface area (Å²) in [7, 11) is 1.55. The number of hydrogen-bond acceptors (Lipinski definition) is 3. The highest BCUT2D eigenvalue weighted by Gasteiger charge is 2.27. The summed E-state index contributed by atoms with van der Waals surface area (Å²) in [5, 5.41) is 0. The summed E-state index contributed by atoms with van der Waals surface area (Å²) in [6.07, 6.45) is -0.127. The summed E-state index contributed by atoms with van der Waals surface area (Å²) in [6.45, 7) is 0.534. The predicted molar refractivity (Wildman–Crippen MR) is 29.4 cm³/mol. The van der Waals surface area contributed by atoms with Gasteiger partial charge in [-0.1, -0.05) is 0 Å². The van der Waals surface area contributed by atoms with Crippen LogP contribution in [0.3, 0.4) is 0 Å². The molecule has 1 atom stereocenters. The second-order valence-corrected chi connectivity index (χ2v) is 4.48. The molecule has 3 nitrogen and oxygen atoms in total. The van der Waals surface area contributed by atoms with Crippen molar-refractivity contribution in [3.63, 3.8) is 0 Å². The Morgan fingerprint density at radius 2 is 2.25 bits per heavy atom. The second-order valence-electron chi connectivity index (χ2n) is 1.66. The van der Waals surface area contributed by atoms with E-state index in [0.29, 0.717) is 6.61 Å². The Balaban J connectivity index is 2.38. The van der Waals surface area contributed by atoms with Gasteiger partial charge in [0.25, 0.3) is 0 Å². The maximum atomic E-state index is 10.2. The van der Waals surface area contributed by atoms with Crippen LogP contribution in [-0.2, 0) is 13.8 Å². The minimum Gasteiger partial charge on any atom is -0.372 e. The molecule has 0 aromatic heterocycles. The minimum atomic E-state index is -3.31. The quantitative estimate of drug-likeness (QED) is 0.416. The average Bonchev–Trinajstić information content (AvgIpc) is 2.12. The summed E-state index contributed by atoms with van der Waals surface area (Å²) < 4.78 is 25.0. The molecule has 1 heterocycles. The van der Waals surface area contributed by atoms with Crippen LogP contribution in [0.15, 0.2) is 0 Å². The Kier molecular flexibility index (Phi) is 1.47. The Hall–Kier alpha value is 0.200. The zero-order valence-corrected chi connectivity index (χ0v) is 5.57. The van der Waals surface area contributed by atoms with Crippen LogP contribution in [0.5, 0.6) is 0 Å². The van der Waals surface area contributed by atoms with Gasteiger partial charge in [0.1, 0.15) is 0 Å². The Labute approximate surface area is 52.0 Å². The molecule has 1 rings (SSSR count). The van der Waals surface area contributed by atoms with E-state index in [2.05, 4.69) is 4.74 Å². The van der Waals surface area contributed by atoms with Gasteiger partial charge in [0.2, 0.25) is 9.05 Å². The lowest BCUT2D eigenvalue weighted by atomic mass is 10.6. The van der Waals surface area contributed by atoms with E-state index in [-0.39, 0.29) is 11.9 Å².